The zero-order valence-electron chi connectivity index (χ0n) is 15.7. The van der Waals surface area contributed by atoms with Gasteiger partial charge in [-0.05, 0) is 44.6 Å². The first-order valence-corrected chi connectivity index (χ1v) is 10.7. The molecule has 2 fully saturated rings. The van der Waals surface area contributed by atoms with Gasteiger partial charge in [-0.1, -0.05) is 19.8 Å². The van der Waals surface area contributed by atoms with E-state index >= 15 is 0 Å². The number of amides is 1. The molecule has 5 nitrogen and oxygen atoms in total. The van der Waals surface area contributed by atoms with Gasteiger partial charge in [-0.2, -0.15) is 0 Å². The highest BCUT2D eigenvalue weighted by atomic mass is 32.1. The van der Waals surface area contributed by atoms with E-state index in [1.807, 2.05) is 9.47 Å². The first-order chi connectivity index (χ1) is 12.6. The molecule has 1 saturated heterocycles. The molecule has 1 amide bonds. The van der Waals surface area contributed by atoms with Crippen molar-refractivity contribution in [2.24, 2.45) is 5.92 Å². The van der Waals surface area contributed by atoms with Crippen molar-refractivity contribution in [1.29, 1.82) is 0 Å². The van der Waals surface area contributed by atoms with Crippen LogP contribution in [0.5, 0.6) is 0 Å². The maximum Gasteiger partial charge on any atom is 0.262 e. The molecule has 6 heteroatoms. The topological polar surface area (TPSA) is 55.2 Å². The summed E-state index contributed by atoms with van der Waals surface area (Å²) in [5, 5.41) is 0.807. The molecular weight excluding hydrogens is 346 g/mol. The number of piperidine rings is 1. The molecule has 2 aromatic rings. The molecule has 0 radical (unpaired) electrons. The van der Waals surface area contributed by atoms with Crippen LogP contribution >= 0.6 is 11.3 Å². The summed E-state index contributed by atoms with van der Waals surface area (Å²) in [7, 11) is 0. The molecule has 0 N–H and O–H groups in total. The van der Waals surface area contributed by atoms with Gasteiger partial charge in [0.2, 0.25) is 5.91 Å². The minimum absolute atomic E-state index is 0.0942. The normalized spacial score (nSPS) is 19.5. The van der Waals surface area contributed by atoms with Crippen molar-refractivity contribution >= 4 is 27.5 Å². The van der Waals surface area contributed by atoms with Crippen molar-refractivity contribution in [2.45, 2.75) is 64.8 Å². The number of carbonyl (C=O) groups excluding carboxylic acids is 1. The minimum atomic E-state index is 0.0942. The second-order valence-electron chi connectivity index (χ2n) is 7.67. The van der Waals surface area contributed by atoms with Gasteiger partial charge in [0.1, 0.15) is 4.83 Å². The molecule has 1 aliphatic heterocycles. The molecule has 140 valence electrons. The Kier molecular flexibility index (Phi) is 4.86. The fourth-order valence-corrected chi connectivity index (χ4v) is 5.72. The van der Waals surface area contributed by atoms with Gasteiger partial charge < -0.3 is 4.90 Å². The SMILES string of the molecule is CCc1c(C)sc2ncn(C3CCN(C(=O)C4CCCC4)CC3)c(=O)c12. The molecule has 4 rings (SSSR count). The lowest BCUT2D eigenvalue weighted by Gasteiger charge is -2.34. The molecule has 1 aliphatic carbocycles. The van der Waals surface area contributed by atoms with Crippen molar-refractivity contribution < 1.29 is 4.79 Å². The van der Waals surface area contributed by atoms with E-state index in [4.69, 9.17) is 0 Å². The molecule has 26 heavy (non-hydrogen) atoms. The largest absolute Gasteiger partial charge is 0.342 e. The van der Waals surface area contributed by atoms with Gasteiger partial charge in [-0.25, -0.2) is 4.98 Å². The quantitative estimate of drug-likeness (QED) is 0.825. The number of likely N-dealkylation sites (tertiary alicyclic amines) is 1. The van der Waals surface area contributed by atoms with E-state index in [2.05, 4.69) is 18.8 Å². The Bertz CT molecular complexity index is 871. The van der Waals surface area contributed by atoms with E-state index in [0.29, 0.717) is 5.91 Å². The summed E-state index contributed by atoms with van der Waals surface area (Å²) in [5.74, 6) is 0.580. The lowest BCUT2D eigenvalue weighted by atomic mass is 10.0. The van der Waals surface area contributed by atoms with E-state index in [9.17, 15) is 9.59 Å². The molecule has 2 aliphatic rings. The summed E-state index contributed by atoms with van der Waals surface area (Å²) in [6.45, 7) is 5.68. The monoisotopic (exact) mass is 373 g/mol. The first kappa shape index (κ1) is 17.7. The lowest BCUT2D eigenvalue weighted by molar-refractivity contribution is -0.136. The highest BCUT2D eigenvalue weighted by Crippen LogP contribution is 2.31. The average Bonchev–Trinajstić information content (AvgIpc) is 3.29. The summed E-state index contributed by atoms with van der Waals surface area (Å²) >= 11 is 1.61. The second-order valence-corrected chi connectivity index (χ2v) is 8.87. The maximum absolute atomic E-state index is 13.1. The Morgan fingerprint density at radius 2 is 1.92 bits per heavy atom. The van der Waals surface area contributed by atoms with Crippen LogP contribution in [0.3, 0.4) is 0 Å². The van der Waals surface area contributed by atoms with E-state index in [1.165, 1.54) is 17.7 Å². The molecule has 0 spiro atoms. The molecular formula is C20H27N3O2S. The van der Waals surface area contributed by atoms with Crippen LogP contribution in [0.25, 0.3) is 10.2 Å². The van der Waals surface area contributed by atoms with E-state index in [0.717, 1.165) is 61.0 Å². The molecule has 1 saturated carbocycles. The smallest absolute Gasteiger partial charge is 0.262 e. The number of thiophene rings is 1. The molecule has 0 atom stereocenters. The molecule has 0 aromatic carbocycles. The van der Waals surface area contributed by atoms with Crippen LogP contribution < -0.4 is 5.56 Å². The Morgan fingerprint density at radius 1 is 1.23 bits per heavy atom. The third kappa shape index (κ3) is 2.98. The maximum atomic E-state index is 13.1. The highest BCUT2D eigenvalue weighted by Gasteiger charge is 2.31. The van der Waals surface area contributed by atoms with Gasteiger partial charge in [0.25, 0.3) is 5.56 Å². The van der Waals surface area contributed by atoms with Crippen molar-refractivity contribution in [1.82, 2.24) is 14.5 Å². The van der Waals surface area contributed by atoms with Crippen molar-refractivity contribution in [3.8, 4) is 0 Å². The van der Waals surface area contributed by atoms with Crippen LogP contribution in [0.4, 0.5) is 0 Å². The Labute approximate surface area is 158 Å². The number of aryl methyl sites for hydroxylation is 2. The predicted octanol–water partition coefficient (Wildman–Crippen LogP) is 3.68. The minimum Gasteiger partial charge on any atom is -0.342 e. The Morgan fingerprint density at radius 3 is 2.58 bits per heavy atom. The van der Waals surface area contributed by atoms with E-state index < -0.39 is 0 Å². The molecule has 0 bridgehead atoms. The number of aromatic nitrogens is 2. The van der Waals surface area contributed by atoms with Crippen LogP contribution in [0.1, 0.15) is 61.9 Å². The summed E-state index contributed by atoms with van der Waals surface area (Å²) in [6.07, 6.45) is 8.75. The molecule has 3 heterocycles. The Balaban J connectivity index is 1.53. The van der Waals surface area contributed by atoms with Crippen LogP contribution in [0, 0.1) is 12.8 Å². The highest BCUT2D eigenvalue weighted by molar-refractivity contribution is 7.18. The molecule has 0 unspecified atom stereocenters. The third-order valence-corrected chi connectivity index (χ3v) is 7.22. The fourth-order valence-electron chi connectivity index (χ4n) is 4.65. The zero-order chi connectivity index (χ0) is 18.3. The van der Waals surface area contributed by atoms with Gasteiger partial charge in [0.05, 0.1) is 11.7 Å². The van der Waals surface area contributed by atoms with Crippen LogP contribution in [-0.2, 0) is 11.2 Å². The van der Waals surface area contributed by atoms with Gasteiger partial charge in [0, 0.05) is 29.9 Å². The zero-order valence-corrected chi connectivity index (χ0v) is 16.5. The van der Waals surface area contributed by atoms with Crippen molar-refractivity contribution in [2.75, 3.05) is 13.1 Å². The van der Waals surface area contributed by atoms with Gasteiger partial charge >= 0.3 is 0 Å². The second kappa shape index (κ2) is 7.14. The number of hydrogen-bond donors (Lipinski definition) is 0. The van der Waals surface area contributed by atoms with Crippen LogP contribution in [-0.4, -0.2) is 33.4 Å². The first-order valence-electron chi connectivity index (χ1n) is 9.88. The molecule has 2 aromatic heterocycles. The van der Waals surface area contributed by atoms with Crippen LogP contribution in [0.2, 0.25) is 0 Å². The van der Waals surface area contributed by atoms with Gasteiger partial charge in [-0.15, -0.1) is 11.3 Å². The average molecular weight is 374 g/mol. The Hall–Kier alpha value is -1.69. The summed E-state index contributed by atoms with van der Waals surface area (Å²) in [4.78, 5) is 34.4. The fraction of sp³-hybridized carbons (Fsp3) is 0.650. The van der Waals surface area contributed by atoms with Crippen molar-refractivity contribution in [3.05, 3.63) is 27.1 Å². The van der Waals surface area contributed by atoms with E-state index in [-0.39, 0.29) is 17.5 Å². The lowest BCUT2D eigenvalue weighted by Crippen LogP contribution is -2.43. The van der Waals surface area contributed by atoms with Gasteiger partial charge in [-0.3, -0.25) is 14.2 Å². The standard InChI is InChI=1S/C20H27N3O2S/c1-3-16-13(2)26-18-17(16)20(25)23(12-21-18)15-8-10-22(11-9-15)19(24)14-6-4-5-7-14/h12,14-15H,3-11H2,1-2H3. The number of carbonyl (C=O) groups is 1. The summed E-state index contributed by atoms with van der Waals surface area (Å²) in [6, 6.07) is 0.150. The van der Waals surface area contributed by atoms with Crippen molar-refractivity contribution in [3.63, 3.8) is 0 Å². The van der Waals surface area contributed by atoms with Crippen LogP contribution in [0.15, 0.2) is 11.1 Å². The van der Waals surface area contributed by atoms with E-state index in [1.54, 1.807) is 17.7 Å². The predicted molar refractivity (Wildman–Crippen MR) is 105 cm³/mol. The third-order valence-electron chi connectivity index (χ3n) is 6.17. The number of nitrogens with zero attached hydrogens (tertiary/aromatic N) is 3. The van der Waals surface area contributed by atoms with Gasteiger partial charge in [0.15, 0.2) is 0 Å². The number of hydrogen-bond acceptors (Lipinski definition) is 4. The number of fused-ring (bicyclic) bond motifs is 1. The summed E-state index contributed by atoms with van der Waals surface area (Å²) < 4.78 is 1.82. The summed E-state index contributed by atoms with van der Waals surface area (Å²) in [5.41, 5.74) is 1.24. The number of rotatable bonds is 3.